The average Bonchev–Trinajstić information content (AvgIpc) is 2.82. The Morgan fingerprint density at radius 2 is 1.80 bits per heavy atom. The number of rotatable bonds is 10. The number of aryl methyl sites for hydroxylation is 2. The molecule has 3 aromatic rings. The van der Waals surface area contributed by atoms with Gasteiger partial charge in [-0.2, -0.15) is 5.10 Å². The third-order valence-corrected chi connectivity index (χ3v) is 5.86. The largest absolute Gasteiger partial charge is 0.488 e. The molecule has 1 aromatic heterocycles. The number of carbonyl (C=O) groups excluding carboxylic acids is 2. The van der Waals surface area contributed by atoms with Crippen LogP contribution in [0, 0.1) is 13.8 Å². The van der Waals surface area contributed by atoms with Gasteiger partial charge in [0.1, 0.15) is 12.4 Å². The lowest BCUT2D eigenvalue weighted by Gasteiger charge is -2.10. The van der Waals surface area contributed by atoms with Crippen LogP contribution in [0.25, 0.3) is 0 Å². The van der Waals surface area contributed by atoms with Gasteiger partial charge in [0.15, 0.2) is 5.16 Å². The number of hydrogen-bond acceptors (Lipinski definition) is 8. The molecule has 0 spiro atoms. The molecule has 0 radical (unpaired) electrons. The van der Waals surface area contributed by atoms with Crippen LogP contribution < -0.4 is 10.2 Å². The van der Waals surface area contributed by atoms with Crippen LogP contribution in [0.1, 0.15) is 39.8 Å². The van der Waals surface area contributed by atoms with E-state index < -0.39 is 0 Å². The monoisotopic (exact) mass is 556 g/mol. The Labute approximate surface area is 216 Å². The van der Waals surface area contributed by atoms with Gasteiger partial charge in [-0.3, -0.25) is 4.79 Å². The summed E-state index contributed by atoms with van der Waals surface area (Å²) in [6.45, 7) is 6.17. The lowest BCUT2D eigenvalue weighted by molar-refractivity contribution is -0.118. The highest BCUT2D eigenvalue weighted by atomic mass is 79.9. The van der Waals surface area contributed by atoms with Crippen LogP contribution in [0.15, 0.2) is 63.3 Å². The maximum absolute atomic E-state index is 12.2. The van der Waals surface area contributed by atoms with Gasteiger partial charge in [-0.05, 0) is 62.7 Å². The molecule has 182 valence electrons. The van der Waals surface area contributed by atoms with Crippen LogP contribution in [-0.2, 0) is 16.1 Å². The number of aromatic nitrogens is 2. The molecule has 8 nitrogen and oxygen atoms in total. The van der Waals surface area contributed by atoms with E-state index in [1.165, 1.54) is 18.0 Å². The summed E-state index contributed by atoms with van der Waals surface area (Å²) in [5.74, 6) is 0.115. The molecule has 0 aliphatic heterocycles. The van der Waals surface area contributed by atoms with E-state index in [4.69, 9.17) is 9.47 Å². The minimum Gasteiger partial charge on any atom is -0.488 e. The molecular formula is C25H25BrN4O4S. The van der Waals surface area contributed by atoms with Gasteiger partial charge in [-0.1, -0.05) is 39.8 Å². The zero-order valence-electron chi connectivity index (χ0n) is 19.6. The highest BCUT2D eigenvalue weighted by Crippen LogP contribution is 2.23. The second kappa shape index (κ2) is 13.0. The van der Waals surface area contributed by atoms with Crippen LogP contribution >= 0.6 is 27.7 Å². The summed E-state index contributed by atoms with van der Waals surface area (Å²) in [5.41, 5.74) is 6.30. The van der Waals surface area contributed by atoms with Crippen molar-refractivity contribution in [1.82, 2.24) is 15.4 Å². The van der Waals surface area contributed by atoms with Gasteiger partial charge in [0, 0.05) is 21.4 Å². The van der Waals surface area contributed by atoms with Gasteiger partial charge in [0.05, 0.1) is 24.1 Å². The molecule has 10 heteroatoms. The van der Waals surface area contributed by atoms with Crippen molar-refractivity contribution in [3.8, 4) is 5.75 Å². The number of hydrogen-bond donors (Lipinski definition) is 1. The number of nitrogens with zero attached hydrogens (tertiary/aromatic N) is 3. The van der Waals surface area contributed by atoms with Crippen molar-refractivity contribution in [1.29, 1.82) is 0 Å². The molecule has 0 bridgehead atoms. The van der Waals surface area contributed by atoms with Crippen molar-refractivity contribution in [2.24, 2.45) is 5.10 Å². The summed E-state index contributed by atoms with van der Waals surface area (Å²) >= 11 is 4.69. The third kappa shape index (κ3) is 8.48. The van der Waals surface area contributed by atoms with E-state index in [9.17, 15) is 9.59 Å². The molecule has 1 heterocycles. The summed E-state index contributed by atoms with van der Waals surface area (Å²) in [6, 6.07) is 14.4. The SMILES string of the molecule is CCOC(=O)c1ccc(COc2ccc(Br)cc2/C=N\NC(=O)CSc2nc(C)cc(C)n2)cc1. The van der Waals surface area contributed by atoms with E-state index in [1.54, 1.807) is 19.1 Å². The summed E-state index contributed by atoms with van der Waals surface area (Å²) < 4.78 is 11.8. The van der Waals surface area contributed by atoms with E-state index in [2.05, 4.69) is 36.4 Å². The van der Waals surface area contributed by atoms with Crippen LogP contribution in [0.5, 0.6) is 5.75 Å². The minimum absolute atomic E-state index is 0.143. The first-order valence-electron chi connectivity index (χ1n) is 10.8. The quantitative estimate of drug-likeness (QED) is 0.125. The van der Waals surface area contributed by atoms with Gasteiger partial charge in [-0.25, -0.2) is 20.2 Å². The fourth-order valence-corrected chi connectivity index (χ4v) is 4.08. The molecule has 0 aliphatic carbocycles. The number of carbonyl (C=O) groups is 2. The molecule has 1 amide bonds. The van der Waals surface area contributed by atoms with E-state index in [1.807, 2.05) is 50.2 Å². The van der Waals surface area contributed by atoms with Crippen LogP contribution in [0.3, 0.4) is 0 Å². The van der Waals surface area contributed by atoms with Crippen molar-refractivity contribution in [3.05, 3.63) is 81.1 Å². The van der Waals surface area contributed by atoms with Crippen molar-refractivity contribution in [3.63, 3.8) is 0 Å². The maximum atomic E-state index is 12.2. The number of halogens is 1. The first-order chi connectivity index (χ1) is 16.8. The summed E-state index contributed by atoms with van der Waals surface area (Å²) in [4.78, 5) is 32.6. The number of amides is 1. The number of ether oxygens (including phenoxy) is 2. The number of hydrazone groups is 1. The first kappa shape index (κ1) is 26.4. The maximum Gasteiger partial charge on any atom is 0.338 e. The molecule has 2 aromatic carbocycles. The average molecular weight is 557 g/mol. The topological polar surface area (TPSA) is 103 Å². The van der Waals surface area contributed by atoms with Crippen LogP contribution in [0.4, 0.5) is 0 Å². The van der Waals surface area contributed by atoms with Gasteiger partial charge in [0.25, 0.3) is 5.91 Å². The Balaban J connectivity index is 1.56. The van der Waals surface area contributed by atoms with Gasteiger partial charge in [0.2, 0.25) is 0 Å². The zero-order chi connectivity index (χ0) is 25.2. The first-order valence-corrected chi connectivity index (χ1v) is 12.6. The molecular weight excluding hydrogens is 532 g/mol. The summed E-state index contributed by atoms with van der Waals surface area (Å²) in [7, 11) is 0. The Morgan fingerprint density at radius 3 is 2.49 bits per heavy atom. The molecule has 1 N–H and O–H groups in total. The lowest BCUT2D eigenvalue weighted by Crippen LogP contribution is -2.20. The molecule has 0 atom stereocenters. The lowest BCUT2D eigenvalue weighted by atomic mass is 10.1. The number of nitrogens with one attached hydrogen (secondary N) is 1. The van der Waals surface area contributed by atoms with E-state index in [-0.39, 0.29) is 17.6 Å². The Hall–Kier alpha value is -3.24. The zero-order valence-corrected chi connectivity index (χ0v) is 22.0. The molecule has 0 aliphatic rings. The van der Waals surface area contributed by atoms with E-state index in [0.29, 0.717) is 35.2 Å². The molecule has 0 fully saturated rings. The standard InChI is InChI=1S/C25H25BrN4O4S/c1-4-33-24(32)19-7-5-18(6-8-19)14-34-22-10-9-21(26)12-20(22)13-27-30-23(31)15-35-25-28-16(2)11-17(3)29-25/h5-13H,4,14-15H2,1-3H3,(H,30,31)/b27-13-. The van der Waals surface area contributed by atoms with Gasteiger partial charge < -0.3 is 9.47 Å². The van der Waals surface area contributed by atoms with Crippen molar-refractivity contribution < 1.29 is 19.1 Å². The second-order valence-electron chi connectivity index (χ2n) is 7.40. The second-order valence-corrected chi connectivity index (χ2v) is 9.26. The fourth-order valence-electron chi connectivity index (χ4n) is 2.96. The smallest absolute Gasteiger partial charge is 0.338 e. The molecule has 0 unspecified atom stereocenters. The Kier molecular flexibility index (Phi) is 9.80. The van der Waals surface area contributed by atoms with Gasteiger partial charge in [-0.15, -0.1) is 0 Å². The summed E-state index contributed by atoms with van der Waals surface area (Å²) in [6.07, 6.45) is 1.53. The Bertz CT molecular complexity index is 1200. The highest BCUT2D eigenvalue weighted by molar-refractivity contribution is 9.10. The third-order valence-electron chi connectivity index (χ3n) is 4.52. The van der Waals surface area contributed by atoms with Gasteiger partial charge >= 0.3 is 5.97 Å². The minimum atomic E-state index is -0.353. The molecule has 0 saturated carbocycles. The fraction of sp³-hybridized carbons (Fsp3) is 0.240. The highest BCUT2D eigenvalue weighted by Gasteiger charge is 2.08. The number of benzene rings is 2. The normalized spacial score (nSPS) is 10.9. The van der Waals surface area contributed by atoms with Crippen molar-refractivity contribution in [2.45, 2.75) is 32.5 Å². The predicted molar refractivity (Wildman–Crippen MR) is 139 cm³/mol. The number of thioether (sulfide) groups is 1. The van der Waals surface area contributed by atoms with E-state index in [0.717, 1.165) is 21.4 Å². The van der Waals surface area contributed by atoms with Crippen LogP contribution in [-0.4, -0.2) is 40.4 Å². The molecule has 35 heavy (non-hydrogen) atoms. The predicted octanol–water partition coefficient (Wildman–Crippen LogP) is 4.85. The number of esters is 1. The summed E-state index contributed by atoms with van der Waals surface area (Å²) in [5, 5.41) is 4.62. The van der Waals surface area contributed by atoms with Crippen molar-refractivity contribution in [2.75, 3.05) is 12.4 Å². The Morgan fingerprint density at radius 1 is 1.09 bits per heavy atom. The van der Waals surface area contributed by atoms with Crippen LogP contribution in [0.2, 0.25) is 0 Å². The molecule has 0 saturated heterocycles. The van der Waals surface area contributed by atoms with Crippen molar-refractivity contribution >= 4 is 45.8 Å². The van der Waals surface area contributed by atoms with E-state index >= 15 is 0 Å². The molecule has 3 rings (SSSR count).